The van der Waals surface area contributed by atoms with Gasteiger partial charge in [-0.15, -0.1) is 0 Å². The number of aliphatic hydroxyl groups is 6. The highest BCUT2D eigenvalue weighted by Crippen LogP contribution is 2.54. The van der Waals surface area contributed by atoms with Gasteiger partial charge in [-0.3, -0.25) is 0 Å². The highest BCUT2D eigenvalue weighted by molar-refractivity contribution is 5.55. The van der Waals surface area contributed by atoms with E-state index in [0.29, 0.717) is 18.8 Å². The number of fused-ring (bicyclic) bond motifs is 1. The third kappa shape index (κ3) is 6.41. The molecule has 4 aliphatic heterocycles. The van der Waals surface area contributed by atoms with Gasteiger partial charge in [-0.25, -0.2) is 0 Å². The van der Waals surface area contributed by atoms with Crippen LogP contribution in [-0.2, 0) is 23.7 Å². The zero-order valence-corrected chi connectivity index (χ0v) is 27.9. The Hall–Kier alpha value is -3.20. The summed E-state index contributed by atoms with van der Waals surface area (Å²) in [5.41, 5.74) is -0.567. The lowest BCUT2D eigenvalue weighted by Crippen LogP contribution is -2.62. The third-order valence-corrected chi connectivity index (χ3v) is 9.84. The molecule has 2 aromatic rings. The molecule has 12 atom stereocenters. The molecule has 0 spiro atoms. The second-order valence-electron chi connectivity index (χ2n) is 12.7. The predicted octanol–water partition coefficient (Wildman–Crippen LogP) is -0.855. The molecule has 0 saturated carbocycles. The van der Waals surface area contributed by atoms with E-state index in [2.05, 4.69) is 0 Å². The smallest absolute Gasteiger partial charge is 0.230 e. The summed E-state index contributed by atoms with van der Waals surface area (Å²) in [6.45, 7) is -1.24. The van der Waals surface area contributed by atoms with E-state index in [-0.39, 0.29) is 52.4 Å². The molecule has 50 heavy (non-hydrogen) atoms. The molecule has 0 aromatic heterocycles. The van der Waals surface area contributed by atoms with Gasteiger partial charge >= 0.3 is 0 Å². The van der Waals surface area contributed by atoms with Crippen LogP contribution in [0, 0.1) is 11.8 Å². The van der Waals surface area contributed by atoms with Crippen LogP contribution in [0.3, 0.4) is 0 Å². The molecule has 4 saturated heterocycles. The van der Waals surface area contributed by atoms with Crippen LogP contribution in [0.4, 0.5) is 0 Å². The highest BCUT2D eigenvalue weighted by Gasteiger charge is 2.54. The molecule has 4 fully saturated rings. The minimum Gasteiger partial charge on any atom is -0.502 e. The SMILES string of the molecule is COc1cc(C2OCC3C(c4cc(OC)c(OC5OC(CO)C(O)C(O)C5OC5OCC(O)(CO)C5O)c(OC)c4)OCC23)cc(OC)c1O. The number of benzene rings is 2. The Labute approximate surface area is 287 Å². The maximum Gasteiger partial charge on any atom is 0.230 e. The van der Waals surface area contributed by atoms with Gasteiger partial charge in [0.15, 0.2) is 35.4 Å². The maximum absolute atomic E-state index is 11.0. The molecule has 17 heteroatoms. The van der Waals surface area contributed by atoms with Gasteiger partial charge < -0.3 is 83.1 Å². The van der Waals surface area contributed by atoms with Crippen molar-refractivity contribution in [1.82, 2.24) is 0 Å². The van der Waals surface area contributed by atoms with E-state index in [1.165, 1.54) is 28.4 Å². The zero-order chi connectivity index (χ0) is 35.9. The first-order chi connectivity index (χ1) is 24.0. The van der Waals surface area contributed by atoms with Crippen LogP contribution < -0.4 is 23.7 Å². The van der Waals surface area contributed by atoms with Crippen molar-refractivity contribution in [3.63, 3.8) is 0 Å². The number of hydrogen-bond acceptors (Lipinski definition) is 17. The quantitative estimate of drug-likeness (QED) is 0.142. The van der Waals surface area contributed by atoms with Crippen molar-refractivity contribution < 1.29 is 83.1 Å². The van der Waals surface area contributed by atoms with Gasteiger partial charge in [-0.2, -0.15) is 0 Å². The highest BCUT2D eigenvalue weighted by atomic mass is 16.8. The topological polar surface area (TPSA) is 234 Å². The minimum absolute atomic E-state index is 0.0239. The lowest BCUT2D eigenvalue weighted by molar-refractivity contribution is -0.319. The summed E-state index contributed by atoms with van der Waals surface area (Å²) in [7, 11) is 5.73. The Balaban J connectivity index is 1.26. The summed E-state index contributed by atoms with van der Waals surface area (Å²) in [6, 6.07) is 6.82. The Morgan fingerprint density at radius 3 is 1.72 bits per heavy atom. The third-order valence-electron chi connectivity index (χ3n) is 9.84. The molecular formula is C33H44O17. The van der Waals surface area contributed by atoms with E-state index in [1.54, 1.807) is 24.3 Å². The van der Waals surface area contributed by atoms with E-state index < -0.39 is 74.6 Å². The first kappa shape index (κ1) is 36.6. The first-order valence-corrected chi connectivity index (χ1v) is 16.0. The first-order valence-electron chi connectivity index (χ1n) is 16.0. The molecular weight excluding hydrogens is 668 g/mol. The number of ether oxygens (including phenoxy) is 10. The van der Waals surface area contributed by atoms with Crippen LogP contribution in [0.25, 0.3) is 0 Å². The summed E-state index contributed by atoms with van der Waals surface area (Å²) < 4.78 is 57.7. The van der Waals surface area contributed by atoms with E-state index in [9.17, 15) is 35.7 Å². The summed E-state index contributed by atoms with van der Waals surface area (Å²) in [4.78, 5) is 0. The molecule has 0 bridgehead atoms. The van der Waals surface area contributed by atoms with E-state index in [1.807, 2.05) is 0 Å². The summed E-state index contributed by atoms with van der Waals surface area (Å²) >= 11 is 0. The molecule has 4 heterocycles. The van der Waals surface area contributed by atoms with Gasteiger partial charge in [-0.05, 0) is 35.4 Å². The van der Waals surface area contributed by atoms with Gasteiger partial charge in [0.25, 0.3) is 0 Å². The number of phenolic OH excluding ortho intramolecular Hbond substituents is 1. The van der Waals surface area contributed by atoms with Crippen LogP contribution in [0.15, 0.2) is 24.3 Å². The fraction of sp³-hybridized carbons (Fsp3) is 0.636. The molecule has 6 rings (SSSR count). The van der Waals surface area contributed by atoms with Crippen molar-refractivity contribution in [2.24, 2.45) is 11.8 Å². The number of aliphatic hydroxyl groups excluding tert-OH is 5. The van der Waals surface area contributed by atoms with Crippen LogP contribution in [-0.4, -0.2) is 146 Å². The fourth-order valence-electron chi connectivity index (χ4n) is 6.97. The monoisotopic (exact) mass is 712 g/mol. The van der Waals surface area contributed by atoms with Crippen molar-refractivity contribution in [1.29, 1.82) is 0 Å². The summed E-state index contributed by atoms with van der Waals surface area (Å²) in [5.74, 6) is 0.665. The van der Waals surface area contributed by atoms with E-state index in [4.69, 9.17) is 47.4 Å². The number of aromatic hydroxyl groups is 1. The van der Waals surface area contributed by atoms with Gasteiger partial charge in [0.2, 0.25) is 17.8 Å². The molecule has 7 N–H and O–H groups in total. The Bertz CT molecular complexity index is 1440. The summed E-state index contributed by atoms with van der Waals surface area (Å²) in [6.07, 6.45) is -11.8. The van der Waals surface area contributed by atoms with Crippen molar-refractivity contribution in [2.75, 3.05) is 61.5 Å². The second kappa shape index (κ2) is 14.8. The zero-order valence-electron chi connectivity index (χ0n) is 27.9. The number of phenols is 1. The largest absolute Gasteiger partial charge is 0.502 e. The van der Waals surface area contributed by atoms with Crippen LogP contribution in [0.2, 0.25) is 0 Å². The molecule has 0 amide bonds. The average molecular weight is 713 g/mol. The van der Waals surface area contributed by atoms with Gasteiger partial charge in [-0.1, -0.05) is 0 Å². The summed E-state index contributed by atoms with van der Waals surface area (Å²) in [5, 5.41) is 72.4. The van der Waals surface area contributed by atoms with Crippen molar-refractivity contribution >= 4 is 0 Å². The second-order valence-corrected chi connectivity index (χ2v) is 12.7. The predicted molar refractivity (Wildman–Crippen MR) is 166 cm³/mol. The van der Waals surface area contributed by atoms with Crippen LogP contribution >= 0.6 is 0 Å². The van der Waals surface area contributed by atoms with Crippen molar-refractivity contribution in [3.8, 4) is 34.5 Å². The molecule has 278 valence electrons. The minimum atomic E-state index is -2.02. The van der Waals surface area contributed by atoms with Gasteiger partial charge in [0, 0.05) is 11.8 Å². The Morgan fingerprint density at radius 2 is 1.26 bits per heavy atom. The van der Waals surface area contributed by atoms with Gasteiger partial charge in [0.05, 0.1) is 73.7 Å². The van der Waals surface area contributed by atoms with Gasteiger partial charge in [0.1, 0.15) is 30.0 Å². The number of rotatable bonds is 12. The molecule has 12 unspecified atom stereocenters. The Kier molecular flexibility index (Phi) is 10.8. The molecule has 4 aliphatic rings. The molecule has 17 nitrogen and oxygen atoms in total. The number of methoxy groups -OCH3 is 4. The normalized spacial score (nSPS) is 36.6. The number of hydrogen-bond donors (Lipinski definition) is 7. The maximum atomic E-state index is 11.0. The fourth-order valence-corrected chi connectivity index (χ4v) is 6.97. The average Bonchev–Trinajstić information content (AvgIpc) is 3.82. The van der Waals surface area contributed by atoms with E-state index >= 15 is 0 Å². The van der Waals surface area contributed by atoms with E-state index in [0.717, 1.165) is 5.56 Å². The van der Waals surface area contributed by atoms with Crippen molar-refractivity contribution in [2.45, 2.75) is 60.9 Å². The Morgan fingerprint density at radius 1 is 0.740 bits per heavy atom. The molecule has 0 radical (unpaired) electrons. The lowest BCUT2D eigenvalue weighted by atomic mass is 9.84. The lowest BCUT2D eigenvalue weighted by Gasteiger charge is -2.42. The van der Waals surface area contributed by atoms with Crippen LogP contribution in [0.1, 0.15) is 23.3 Å². The standard InChI is InChI=1S/C33H44O17/c1-41-18-5-14(6-19(42-2)23(18)36)26-16-10-46-27(17(16)11-45-26)15-7-20(43-3)28(21(8-15)44-4)49-31-29(25(38)24(37)22(9-34)48-31)50-32-30(39)33(40,12-35)13-47-32/h5-8,16-17,22,24-27,29-32,34-40H,9-13H2,1-4H3. The van der Waals surface area contributed by atoms with Crippen molar-refractivity contribution in [3.05, 3.63) is 35.4 Å². The van der Waals surface area contributed by atoms with Crippen LogP contribution in [0.5, 0.6) is 34.5 Å². The molecule has 2 aromatic carbocycles. The molecule has 0 aliphatic carbocycles.